The van der Waals surface area contributed by atoms with E-state index in [-0.39, 0.29) is 0 Å². The summed E-state index contributed by atoms with van der Waals surface area (Å²) in [6.45, 7) is 11.9. The van der Waals surface area contributed by atoms with E-state index in [1.807, 2.05) is 0 Å². The average molecular weight is 227 g/mol. The molecule has 0 heterocycles. The summed E-state index contributed by atoms with van der Waals surface area (Å²) in [5.74, 6) is 0.730. The Balaban J connectivity index is 2.44. The van der Waals surface area contributed by atoms with Gasteiger partial charge in [0.2, 0.25) is 0 Å². The molecule has 1 rings (SSSR count). The minimum absolute atomic E-state index is 0.466. The van der Waals surface area contributed by atoms with Gasteiger partial charge in [0.05, 0.1) is 5.60 Å². The number of hydrogen-bond donors (Lipinski definition) is 2. The molecule has 2 unspecified atom stereocenters. The zero-order valence-electron chi connectivity index (χ0n) is 11.6. The Morgan fingerprint density at radius 1 is 1.25 bits per heavy atom. The maximum atomic E-state index is 10.2. The van der Waals surface area contributed by atoms with Gasteiger partial charge in [-0.15, -0.1) is 0 Å². The highest BCUT2D eigenvalue weighted by molar-refractivity contribution is 4.92. The predicted molar refractivity (Wildman–Crippen MR) is 69.5 cm³/mol. The minimum atomic E-state index is -0.507. The molecule has 0 aromatic rings. The second-order valence-corrected chi connectivity index (χ2v) is 6.47. The SMILES string of the molecule is CCC(O)(CC)CNC1CC(C)(C)CC1C. The van der Waals surface area contributed by atoms with E-state index in [9.17, 15) is 5.11 Å². The Bertz CT molecular complexity index is 221. The van der Waals surface area contributed by atoms with Gasteiger partial charge in [0.25, 0.3) is 0 Å². The summed E-state index contributed by atoms with van der Waals surface area (Å²) in [7, 11) is 0. The summed E-state index contributed by atoms with van der Waals surface area (Å²) in [5, 5.41) is 13.8. The highest BCUT2D eigenvalue weighted by Gasteiger charge is 2.37. The lowest BCUT2D eigenvalue weighted by molar-refractivity contribution is 0.0287. The third kappa shape index (κ3) is 3.46. The molecule has 96 valence electrons. The first kappa shape index (κ1) is 14.0. The normalized spacial score (nSPS) is 29.6. The van der Waals surface area contributed by atoms with Gasteiger partial charge in [-0.3, -0.25) is 0 Å². The van der Waals surface area contributed by atoms with Gasteiger partial charge in [0.15, 0.2) is 0 Å². The van der Waals surface area contributed by atoms with Crippen LogP contribution in [0.3, 0.4) is 0 Å². The summed E-state index contributed by atoms with van der Waals surface area (Å²) in [6.07, 6.45) is 4.20. The molecule has 0 radical (unpaired) electrons. The molecule has 0 spiro atoms. The number of aliphatic hydroxyl groups is 1. The quantitative estimate of drug-likeness (QED) is 0.757. The van der Waals surface area contributed by atoms with E-state index in [4.69, 9.17) is 0 Å². The zero-order chi connectivity index (χ0) is 12.4. The fourth-order valence-electron chi connectivity index (χ4n) is 2.99. The van der Waals surface area contributed by atoms with Gasteiger partial charge < -0.3 is 10.4 Å². The van der Waals surface area contributed by atoms with Crippen LogP contribution in [0.2, 0.25) is 0 Å². The molecule has 1 saturated carbocycles. The molecule has 1 aliphatic rings. The Morgan fingerprint density at radius 3 is 2.19 bits per heavy atom. The highest BCUT2D eigenvalue weighted by atomic mass is 16.3. The first-order valence-corrected chi connectivity index (χ1v) is 6.77. The Morgan fingerprint density at radius 2 is 1.81 bits per heavy atom. The largest absolute Gasteiger partial charge is 0.389 e. The monoisotopic (exact) mass is 227 g/mol. The zero-order valence-corrected chi connectivity index (χ0v) is 11.6. The van der Waals surface area contributed by atoms with Crippen molar-refractivity contribution in [2.45, 2.75) is 71.9 Å². The molecule has 1 aliphatic carbocycles. The van der Waals surface area contributed by atoms with Crippen molar-refractivity contribution in [3.8, 4) is 0 Å². The van der Waals surface area contributed by atoms with Crippen molar-refractivity contribution in [3.05, 3.63) is 0 Å². The minimum Gasteiger partial charge on any atom is -0.389 e. The van der Waals surface area contributed by atoms with Gasteiger partial charge in [0.1, 0.15) is 0 Å². The molecule has 0 aromatic carbocycles. The molecule has 1 fully saturated rings. The summed E-state index contributed by atoms with van der Waals surface area (Å²) in [4.78, 5) is 0. The van der Waals surface area contributed by atoms with E-state index in [0.29, 0.717) is 11.5 Å². The molecular weight excluding hydrogens is 198 g/mol. The van der Waals surface area contributed by atoms with E-state index >= 15 is 0 Å². The van der Waals surface area contributed by atoms with Crippen molar-refractivity contribution >= 4 is 0 Å². The van der Waals surface area contributed by atoms with Crippen molar-refractivity contribution in [3.63, 3.8) is 0 Å². The molecule has 0 aliphatic heterocycles. The maximum absolute atomic E-state index is 10.2. The lowest BCUT2D eigenvalue weighted by Gasteiger charge is -2.29. The topological polar surface area (TPSA) is 32.3 Å². The van der Waals surface area contributed by atoms with Crippen LogP contribution >= 0.6 is 0 Å². The van der Waals surface area contributed by atoms with Crippen molar-refractivity contribution in [2.24, 2.45) is 11.3 Å². The predicted octanol–water partition coefficient (Wildman–Crippen LogP) is 2.95. The third-order valence-corrected chi connectivity index (χ3v) is 4.34. The molecule has 2 nitrogen and oxygen atoms in total. The molecule has 2 N–H and O–H groups in total. The fraction of sp³-hybridized carbons (Fsp3) is 1.00. The van der Waals surface area contributed by atoms with Gasteiger partial charge in [0, 0.05) is 12.6 Å². The first-order chi connectivity index (χ1) is 7.32. The van der Waals surface area contributed by atoms with Crippen LogP contribution in [0.15, 0.2) is 0 Å². The maximum Gasteiger partial charge on any atom is 0.0766 e. The summed E-state index contributed by atoms with van der Waals surface area (Å²) in [5.41, 5.74) is -0.0416. The second-order valence-electron chi connectivity index (χ2n) is 6.47. The Hall–Kier alpha value is -0.0800. The standard InChI is InChI=1S/C14H29NO/c1-6-14(16,7-2)10-15-12-9-13(4,5)8-11(12)3/h11-12,15-16H,6-10H2,1-5H3. The lowest BCUT2D eigenvalue weighted by atomic mass is 9.91. The van der Waals surface area contributed by atoms with Crippen LogP contribution in [0.25, 0.3) is 0 Å². The molecule has 2 heteroatoms. The Labute approximate surface area is 101 Å². The van der Waals surface area contributed by atoms with Crippen LogP contribution in [-0.2, 0) is 0 Å². The van der Waals surface area contributed by atoms with Gasteiger partial charge in [-0.1, -0.05) is 34.6 Å². The van der Waals surface area contributed by atoms with Crippen LogP contribution in [0.5, 0.6) is 0 Å². The van der Waals surface area contributed by atoms with Gasteiger partial charge in [-0.25, -0.2) is 0 Å². The van der Waals surface area contributed by atoms with E-state index in [1.54, 1.807) is 0 Å². The van der Waals surface area contributed by atoms with E-state index < -0.39 is 5.60 Å². The van der Waals surface area contributed by atoms with Gasteiger partial charge in [-0.2, -0.15) is 0 Å². The molecule has 0 aromatic heterocycles. The first-order valence-electron chi connectivity index (χ1n) is 6.77. The molecule has 0 amide bonds. The molecule has 2 atom stereocenters. The molecular formula is C14H29NO. The van der Waals surface area contributed by atoms with Crippen molar-refractivity contribution < 1.29 is 5.11 Å². The van der Waals surface area contributed by atoms with Gasteiger partial charge >= 0.3 is 0 Å². The van der Waals surface area contributed by atoms with Crippen LogP contribution in [0.1, 0.15) is 60.3 Å². The Kier molecular flexibility index (Phi) is 4.42. The van der Waals surface area contributed by atoms with Crippen molar-refractivity contribution in [2.75, 3.05) is 6.54 Å². The van der Waals surface area contributed by atoms with E-state index in [2.05, 4.69) is 39.9 Å². The number of hydrogen-bond acceptors (Lipinski definition) is 2. The number of rotatable bonds is 5. The van der Waals surface area contributed by atoms with Crippen LogP contribution in [0, 0.1) is 11.3 Å². The van der Waals surface area contributed by atoms with Crippen molar-refractivity contribution in [1.29, 1.82) is 0 Å². The highest BCUT2D eigenvalue weighted by Crippen LogP contribution is 2.40. The van der Waals surface area contributed by atoms with Gasteiger partial charge in [-0.05, 0) is 37.0 Å². The summed E-state index contributed by atoms with van der Waals surface area (Å²) >= 11 is 0. The molecule has 16 heavy (non-hydrogen) atoms. The summed E-state index contributed by atoms with van der Waals surface area (Å²) in [6, 6.07) is 0.583. The second kappa shape index (κ2) is 5.05. The molecule has 0 bridgehead atoms. The van der Waals surface area contributed by atoms with Crippen LogP contribution in [-0.4, -0.2) is 23.3 Å². The fourth-order valence-corrected chi connectivity index (χ4v) is 2.99. The summed E-state index contributed by atoms with van der Waals surface area (Å²) < 4.78 is 0. The third-order valence-electron chi connectivity index (χ3n) is 4.34. The van der Waals surface area contributed by atoms with E-state index in [1.165, 1.54) is 12.8 Å². The van der Waals surface area contributed by atoms with Crippen molar-refractivity contribution in [1.82, 2.24) is 5.32 Å². The molecule has 0 saturated heterocycles. The van der Waals surface area contributed by atoms with Crippen LogP contribution in [0.4, 0.5) is 0 Å². The lowest BCUT2D eigenvalue weighted by Crippen LogP contribution is -2.44. The average Bonchev–Trinajstić information content (AvgIpc) is 2.48. The smallest absolute Gasteiger partial charge is 0.0766 e. The number of nitrogens with one attached hydrogen (secondary N) is 1. The van der Waals surface area contributed by atoms with Crippen LogP contribution < -0.4 is 5.32 Å². The van der Waals surface area contributed by atoms with E-state index in [0.717, 1.165) is 25.3 Å².